The lowest BCUT2D eigenvalue weighted by Crippen LogP contribution is -2.61. The van der Waals surface area contributed by atoms with Crippen molar-refractivity contribution in [3.05, 3.63) is 36.5 Å². The van der Waals surface area contributed by atoms with E-state index >= 15 is 0 Å². The summed E-state index contributed by atoms with van der Waals surface area (Å²) in [5.41, 5.74) is 0. The van der Waals surface area contributed by atoms with Crippen molar-refractivity contribution in [2.24, 2.45) is 0 Å². The van der Waals surface area contributed by atoms with Crippen LogP contribution in [0.1, 0.15) is 181 Å². The van der Waals surface area contributed by atoms with E-state index in [1.165, 1.54) is 109 Å². The maximum Gasteiger partial charge on any atom is 0.397 e. The first-order chi connectivity index (χ1) is 28.4. The summed E-state index contributed by atoms with van der Waals surface area (Å²) in [6.45, 7) is 3.14. The van der Waals surface area contributed by atoms with Crippen molar-refractivity contribution in [1.82, 2.24) is 5.32 Å². The van der Waals surface area contributed by atoms with Gasteiger partial charge in [0.25, 0.3) is 0 Å². The van der Waals surface area contributed by atoms with E-state index in [9.17, 15) is 38.7 Å². The first-order valence-corrected chi connectivity index (χ1v) is 24.3. The second-order valence-electron chi connectivity index (χ2n) is 16.1. The first kappa shape index (κ1) is 55.3. The quantitative estimate of drug-likeness (QED) is 0.0181. The molecule has 1 aliphatic heterocycles. The normalized spacial score (nSPS) is 21.8. The molecule has 1 rings (SSSR count). The molecule has 1 fully saturated rings. The van der Waals surface area contributed by atoms with Crippen molar-refractivity contribution in [3.8, 4) is 0 Å². The average Bonchev–Trinajstić information content (AvgIpc) is 3.20. The summed E-state index contributed by atoms with van der Waals surface area (Å²) in [6.07, 6.45) is 29.5. The molecule has 0 radical (unpaired) electrons. The topological polar surface area (TPSA) is 212 Å². The van der Waals surface area contributed by atoms with E-state index in [0.717, 1.165) is 44.9 Å². The van der Waals surface area contributed by atoms with Crippen LogP contribution >= 0.6 is 0 Å². The number of hydrogen-bond acceptors (Lipinski definition) is 11. The van der Waals surface area contributed by atoms with Gasteiger partial charge in [-0.05, 0) is 38.5 Å². The Labute approximate surface area is 357 Å². The summed E-state index contributed by atoms with van der Waals surface area (Å²) >= 11 is 0. The van der Waals surface area contributed by atoms with Crippen LogP contribution in [-0.4, -0.2) is 107 Å². The maximum absolute atomic E-state index is 13.1. The number of carbonyl (C=O) groups is 1. The van der Waals surface area contributed by atoms with Gasteiger partial charge < -0.3 is 40.3 Å². The van der Waals surface area contributed by atoms with E-state index in [4.69, 9.17) is 14.0 Å². The van der Waals surface area contributed by atoms with Gasteiger partial charge in [-0.25, -0.2) is 4.18 Å². The van der Waals surface area contributed by atoms with Crippen LogP contribution in [0.3, 0.4) is 0 Å². The van der Waals surface area contributed by atoms with Crippen LogP contribution in [0, 0.1) is 0 Å². The molecule has 0 aromatic carbocycles. The fraction of sp³-hybridized carbons (Fsp3) is 0.844. The van der Waals surface area contributed by atoms with E-state index in [1.807, 2.05) is 0 Å². The molecule has 1 amide bonds. The molecule has 7 N–H and O–H groups in total. The molecule has 8 atom stereocenters. The van der Waals surface area contributed by atoms with Crippen LogP contribution in [0.4, 0.5) is 0 Å². The lowest BCUT2D eigenvalue weighted by atomic mass is 9.99. The van der Waals surface area contributed by atoms with Gasteiger partial charge in [0.05, 0.1) is 25.4 Å². The Balaban J connectivity index is 2.57. The van der Waals surface area contributed by atoms with Gasteiger partial charge in [-0.15, -0.1) is 0 Å². The summed E-state index contributed by atoms with van der Waals surface area (Å²) in [5.74, 6) is -0.717. The smallest absolute Gasteiger partial charge is 0.394 e. The Bertz CT molecular complexity index is 1220. The number of amides is 1. The van der Waals surface area contributed by atoms with Gasteiger partial charge in [0.2, 0.25) is 5.91 Å². The molecule has 1 aliphatic rings. The van der Waals surface area contributed by atoms with Gasteiger partial charge in [0.1, 0.15) is 30.5 Å². The molecule has 8 unspecified atom stereocenters. The number of aliphatic hydroxyl groups is 5. The molecule has 0 bridgehead atoms. The highest BCUT2D eigenvalue weighted by molar-refractivity contribution is 7.80. The predicted molar refractivity (Wildman–Crippen MR) is 233 cm³/mol. The van der Waals surface area contributed by atoms with E-state index in [-0.39, 0.29) is 6.42 Å². The highest BCUT2D eigenvalue weighted by Crippen LogP contribution is 2.26. The molecular formula is C45H83NO12S. The van der Waals surface area contributed by atoms with Gasteiger partial charge >= 0.3 is 10.4 Å². The minimum absolute atomic E-state index is 0.236. The Kier molecular flexibility index (Phi) is 33.6. The SMILES string of the molecule is CCCC/C=C/CC/C=C/CC/C=C/C(O)C(COC1OC(CO)C(O)C(OS(=O)(=O)O)C1O)NC(=O)C(O)CCCCCCCCCCCCCCCCCCCC. The minimum atomic E-state index is -5.12. The van der Waals surface area contributed by atoms with Crippen molar-refractivity contribution < 1.29 is 57.0 Å². The molecule has 1 heterocycles. The van der Waals surface area contributed by atoms with Gasteiger partial charge in [0, 0.05) is 0 Å². The second-order valence-corrected chi connectivity index (χ2v) is 17.2. The fourth-order valence-corrected chi connectivity index (χ4v) is 7.57. The van der Waals surface area contributed by atoms with Gasteiger partial charge in [-0.2, -0.15) is 8.42 Å². The molecule has 13 nitrogen and oxygen atoms in total. The zero-order chi connectivity index (χ0) is 43.6. The predicted octanol–water partition coefficient (Wildman–Crippen LogP) is 7.69. The van der Waals surface area contributed by atoms with Crippen molar-refractivity contribution >= 4 is 16.3 Å². The highest BCUT2D eigenvalue weighted by atomic mass is 32.3. The number of carbonyl (C=O) groups excluding carboxylic acids is 1. The van der Waals surface area contributed by atoms with Crippen molar-refractivity contribution in [1.29, 1.82) is 0 Å². The molecule has 14 heteroatoms. The van der Waals surface area contributed by atoms with Crippen LogP contribution in [-0.2, 0) is 28.9 Å². The number of rotatable bonds is 38. The van der Waals surface area contributed by atoms with Crippen LogP contribution in [0.15, 0.2) is 36.5 Å². The van der Waals surface area contributed by atoms with E-state index in [0.29, 0.717) is 12.8 Å². The Morgan fingerprint density at radius 3 is 1.61 bits per heavy atom. The third kappa shape index (κ3) is 28.5. The molecule has 0 aliphatic carbocycles. The third-order valence-electron chi connectivity index (χ3n) is 10.8. The summed E-state index contributed by atoms with van der Waals surface area (Å²) in [4.78, 5) is 13.1. The monoisotopic (exact) mass is 862 g/mol. The largest absolute Gasteiger partial charge is 0.397 e. The zero-order valence-electron chi connectivity index (χ0n) is 36.4. The fourth-order valence-electron chi connectivity index (χ4n) is 7.07. The minimum Gasteiger partial charge on any atom is -0.394 e. The number of aliphatic hydroxyl groups excluding tert-OH is 5. The number of ether oxygens (including phenoxy) is 2. The summed E-state index contributed by atoms with van der Waals surface area (Å²) in [7, 11) is -5.12. The number of unbranched alkanes of at least 4 members (excludes halogenated alkanes) is 21. The molecule has 0 saturated carbocycles. The first-order valence-electron chi connectivity index (χ1n) is 23.0. The summed E-state index contributed by atoms with van der Waals surface area (Å²) in [5, 5.41) is 55.1. The van der Waals surface area contributed by atoms with Gasteiger partial charge in [-0.1, -0.05) is 179 Å². The standard InChI is InChI=1S/C45H83NO12S/c1-3-5-7-9-11-13-15-17-18-19-20-21-22-24-26-28-30-32-34-39(49)44(52)46-37(38(48)33-31-29-27-25-23-16-14-12-10-8-6-4-2)36-56-45-42(51)43(58-59(53,54)55)41(50)40(35-47)57-45/h10,12,23,25,31,33,37-43,45,47-51H,3-9,11,13-22,24,26-30,32,34-36H2,1-2H3,(H,46,52)(H,53,54,55)/b12-10+,25-23+,33-31+. The van der Waals surface area contributed by atoms with Crippen molar-refractivity contribution in [2.75, 3.05) is 13.2 Å². The molecule has 346 valence electrons. The van der Waals surface area contributed by atoms with Gasteiger partial charge in [0.15, 0.2) is 6.29 Å². The van der Waals surface area contributed by atoms with Crippen LogP contribution in [0.2, 0.25) is 0 Å². The Morgan fingerprint density at radius 1 is 0.678 bits per heavy atom. The van der Waals surface area contributed by atoms with E-state index in [2.05, 4.69) is 47.7 Å². The lowest BCUT2D eigenvalue weighted by Gasteiger charge is -2.41. The third-order valence-corrected chi connectivity index (χ3v) is 11.2. The van der Waals surface area contributed by atoms with Crippen molar-refractivity contribution in [2.45, 2.75) is 230 Å². The highest BCUT2D eigenvalue weighted by Gasteiger charge is 2.48. The summed E-state index contributed by atoms with van der Waals surface area (Å²) in [6, 6.07) is -1.14. The number of allylic oxidation sites excluding steroid dienone is 5. The Hall–Kier alpha value is -1.72. The lowest BCUT2D eigenvalue weighted by molar-refractivity contribution is -0.298. The molecule has 1 saturated heterocycles. The number of hydrogen-bond donors (Lipinski definition) is 7. The van der Waals surface area contributed by atoms with E-state index < -0.39 is 78.5 Å². The molecule has 59 heavy (non-hydrogen) atoms. The Morgan fingerprint density at radius 2 is 1.14 bits per heavy atom. The van der Waals surface area contributed by atoms with E-state index in [1.54, 1.807) is 6.08 Å². The molecule has 0 spiro atoms. The average molecular weight is 862 g/mol. The maximum atomic E-state index is 13.1. The second kappa shape index (κ2) is 35.8. The summed E-state index contributed by atoms with van der Waals surface area (Å²) < 4.78 is 47.4. The van der Waals surface area contributed by atoms with Crippen molar-refractivity contribution in [3.63, 3.8) is 0 Å². The number of nitrogens with one attached hydrogen (secondary N) is 1. The molecule has 0 aromatic heterocycles. The zero-order valence-corrected chi connectivity index (χ0v) is 37.2. The molecular weight excluding hydrogens is 779 g/mol. The van der Waals surface area contributed by atoms with Gasteiger partial charge in [-0.3, -0.25) is 9.35 Å². The van der Waals surface area contributed by atoms with Crippen LogP contribution in [0.5, 0.6) is 0 Å². The van der Waals surface area contributed by atoms with Crippen LogP contribution in [0.25, 0.3) is 0 Å². The van der Waals surface area contributed by atoms with Crippen LogP contribution < -0.4 is 5.32 Å². The molecule has 0 aromatic rings.